The molecule has 1 aromatic heterocycles. The molecule has 1 fully saturated rings. The Balaban J connectivity index is 0.00000144. The Morgan fingerprint density at radius 1 is 1.53 bits per heavy atom. The summed E-state index contributed by atoms with van der Waals surface area (Å²) in [6.45, 7) is 1.65. The van der Waals surface area contributed by atoms with Crippen LogP contribution in [0.1, 0.15) is 10.4 Å². The second-order valence-corrected chi connectivity index (χ2v) is 4.09. The van der Waals surface area contributed by atoms with Crippen molar-refractivity contribution < 1.29 is 4.79 Å². The topological polar surface area (TPSA) is 54.3 Å². The third-order valence-electron chi connectivity index (χ3n) is 2.98. The lowest BCUT2D eigenvalue weighted by atomic mass is 10.1. The molecule has 0 radical (unpaired) electrons. The Hall–Kier alpha value is -1.33. The smallest absolute Gasteiger partial charge is 0.254 e. The van der Waals surface area contributed by atoms with E-state index in [-0.39, 0.29) is 29.9 Å². The lowest BCUT2D eigenvalue weighted by molar-refractivity contribution is 0.0681. The van der Waals surface area contributed by atoms with Gasteiger partial charge in [-0.1, -0.05) is 0 Å². The van der Waals surface area contributed by atoms with Gasteiger partial charge in [0.1, 0.15) is 0 Å². The van der Waals surface area contributed by atoms with Gasteiger partial charge >= 0.3 is 0 Å². The summed E-state index contributed by atoms with van der Waals surface area (Å²) in [5, 5.41) is 3.11. The highest BCUT2D eigenvalue weighted by atomic mass is 35.5. The van der Waals surface area contributed by atoms with Crippen molar-refractivity contribution >= 4 is 18.3 Å². The van der Waals surface area contributed by atoms with Crippen molar-refractivity contribution in [2.75, 3.05) is 20.1 Å². The molecule has 1 aliphatic rings. The first-order chi connectivity index (χ1) is 7.59. The normalized spacial score (nSPS) is 14.7. The van der Waals surface area contributed by atoms with Crippen molar-refractivity contribution in [1.29, 1.82) is 0 Å². The zero-order valence-corrected chi connectivity index (χ0v) is 10.7. The van der Waals surface area contributed by atoms with Crippen molar-refractivity contribution in [3.8, 4) is 0 Å². The molecule has 5 nitrogen and oxygen atoms in total. The molecular weight excluding hydrogens is 242 g/mol. The number of pyridine rings is 1. The zero-order chi connectivity index (χ0) is 11.7. The summed E-state index contributed by atoms with van der Waals surface area (Å²) in [7, 11) is 3.43. The highest BCUT2D eigenvalue weighted by molar-refractivity contribution is 5.94. The van der Waals surface area contributed by atoms with Crippen molar-refractivity contribution in [3.05, 3.63) is 34.2 Å². The predicted molar refractivity (Wildman–Crippen MR) is 67.7 cm³/mol. The third-order valence-corrected chi connectivity index (χ3v) is 2.98. The first kappa shape index (κ1) is 13.7. The number of halogens is 1. The van der Waals surface area contributed by atoms with Gasteiger partial charge in [-0.25, -0.2) is 0 Å². The van der Waals surface area contributed by atoms with Gasteiger partial charge in [0, 0.05) is 45.0 Å². The Bertz CT molecular complexity index is 468. The molecule has 0 bridgehead atoms. The molecule has 1 saturated heterocycles. The molecule has 0 aromatic carbocycles. The number of amides is 1. The van der Waals surface area contributed by atoms with Gasteiger partial charge in [0.05, 0.1) is 6.04 Å². The Morgan fingerprint density at radius 2 is 2.18 bits per heavy atom. The van der Waals surface area contributed by atoms with E-state index in [0.29, 0.717) is 5.56 Å². The molecule has 17 heavy (non-hydrogen) atoms. The van der Waals surface area contributed by atoms with Crippen molar-refractivity contribution in [2.24, 2.45) is 7.05 Å². The van der Waals surface area contributed by atoms with E-state index in [0.717, 1.165) is 13.1 Å². The zero-order valence-electron chi connectivity index (χ0n) is 9.84. The number of nitrogens with zero attached hydrogens (tertiary/aromatic N) is 2. The summed E-state index contributed by atoms with van der Waals surface area (Å²) >= 11 is 0. The monoisotopic (exact) mass is 257 g/mol. The molecule has 2 heterocycles. The maximum absolute atomic E-state index is 12.0. The van der Waals surface area contributed by atoms with Crippen LogP contribution in [0.25, 0.3) is 0 Å². The number of carbonyl (C=O) groups is 1. The summed E-state index contributed by atoms with van der Waals surface area (Å²) in [6.07, 6.45) is 1.61. The molecule has 0 aliphatic carbocycles. The minimum atomic E-state index is -0.161. The summed E-state index contributed by atoms with van der Waals surface area (Å²) < 4.78 is 1.45. The number of likely N-dealkylation sites (N-methyl/N-ethyl adjacent to an activating group) is 1. The quantitative estimate of drug-likeness (QED) is 0.802. The number of aryl methyl sites for hydroxylation is 1. The number of aromatic nitrogens is 1. The van der Waals surface area contributed by atoms with Crippen LogP contribution in [-0.4, -0.2) is 41.6 Å². The first-order valence-corrected chi connectivity index (χ1v) is 5.24. The standard InChI is InChI=1S/C11H15N3O2.ClH/c1-13-4-3-8(5-10(13)15)11(16)14(2)9-6-12-7-9;/h3-5,9,12H,6-7H2,1-2H3;1H. The van der Waals surface area contributed by atoms with Gasteiger partial charge in [0.2, 0.25) is 0 Å². The van der Waals surface area contributed by atoms with E-state index >= 15 is 0 Å². The van der Waals surface area contributed by atoms with Crippen LogP contribution in [0.3, 0.4) is 0 Å². The molecule has 2 rings (SSSR count). The van der Waals surface area contributed by atoms with Crippen molar-refractivity contribution in [2.45, 2.75) is 6.04 Å². The van der Waals surface area contributed by atoms with E-state index < -0.39 is 0 Å². The molecule has 1 aromatic rings. The van der Waals surface area contributed by atoms with E-state index in [9.17, 15) is 9.59 Å². The first-order valence-electron chi connectivity index (χ1n) is 5.24. The number of carbonyl (C=O) groups excluding carboxylic acids is 1. The van der Waals surface area contributed by atoms with E-state index in [2.05, 4.69) is 5.32 Å². The molecule has 0 saturated carbocycles. The van der Waals surface area contributed by atoms with Crippen molar-refractivity contribution in [1.82, 2.24) is 14.8 Å². The lowest BCUT2D eigenvalue weighted by Crippen LogP contribution is -2.57. The van der Waals surface area contributed by atoms with Gasteiger partial charge in [-0.05, 0) is 6.07 Å². The summed E-state index contributed by atoms with van der Waals surface area (Å²) in [4.78, 5) is 25.1. The summed E-state index contributed by atoms with van der Waals surface area (Å²) in [6, 6.07) is 3.30. The summed E-state index contributed by atoms with van der Waals surface area (Å²) in [5.41, 5.74) is 0.295. The molecule has 0 atom stereocenters. The van der Waals surface area contributed by atoms with Gasteiger partial charge in [0.25, 0.3) is 11.5 Å². The third kappa shape index (κ3) is 2.68. The van der Waals surface area contributed by atoms with Crippen LogP contribution in [0.2, 0.25) is 0 Å². The largest absolute Gasteiger partial charge is 0.336 e. The van der Waals surface area contributed by atoms with Crippen LogP contribution < -0.4 is 10.9 Å². The van der Waals surface area contributed by atoms with E-state index in [4.69, 9.17) is 0 Å². The van der Waals surface area contributed by atoms with Crippen LogP contribution in [0.4, 0.5) is 0 Å². The number of rotatable bonds is 2. The Morgan fingerprint density at radius 3 is 2.65 bits per heavy atom. The molecule has 94 valence electrons. The van der Waals surface area contributed by atoms with E-state index in [1.54, 1.807) is 31.3 Å². The van der Waals surface area contributed by atoms with E-state index in [1.165, 1.54) is 10.6 Å². The lowest BCUT2D eigenvalue weighted by Gasteiger charge is -2.35. The average Bonchev–Trinajstić information content (AvgIpc) is 2.18. The average molecular weight is 258 g/mol. The number of nitrogens with one attached hydrogen (secondary N) is 1. The second-order valence-electron chi connectivity index (χ2n) is 4.09. The van der Waals surface area contributed by atoms with Gasteiger partial charge in [-0.15, -0.1) is 12.4 Å². The molecule has 6 heteroatoms. The Labute approximate surface area is 106 Å². The van der Waals surface area contributed by atoms with Crippen LogP contribution in [0.5, 0.6) is 0 Å². The fourth-order valence-corrected chi connectivity index (χ4v) is 1.60. The van der Waals surface area contributed by atoms with Gasteiger partial charge < -0.3 is 14.8 Å². The molecular formula is C11H16ClN3O2. The molecule has 0 unspecified atom stereocenters. The van der Waals surface area contributed by atoms with E-state index in [1.807, 2.05) is 0 Å². The number of hydrogen-bond acceptors (Lipinski definition) is 3. The molecule has 0 spiro atoms. The van der Waals surface area contributed by atoms with Crippen LogP contribution >= 0.6 is 12.4 Å². The highest BCUT2D eigenvalue weighted by Crippen LogP contribution is 2.07. The SMILES string of the molecule is CN(C(=O)c1ccn(C)c(=O)c1)C1CNC1.Cl. The maximum atomic E-state index is 12.0. The maximum Gasteiger partial charge on any atom is 0.254 e. The van der Waals surface area contributed by atoms with Gasteiger partial charge in [0.15, 0.2) is 0 Å². The van der Waals surface area contributed by atoms with Gasteiger partial charge in [-0.2, -0.15) is 0 Å². The molecule has 1 amide bonds. The minimum Gasteiger partial charge on any atom is -0.336 e. The predicted octanol–water partition coefficient (Wildman–Crippen LogP) is -0.149. The Kier molecular flexibility index (Phi) is 4.31. The fraction of sp³-hybridized carbons (Fsp3) is 0.455. The van der Waals surface area contributed by atoms with Crippen molar-refractivity contribution in [3.63, 3.8) is 0 Å². The van der Waals surface area contributed by atoms with Crippen LogP contribution in [0.15, 0.2) is 23.1 Å². The minimum absolute atomic E-state index is 0. The number of hydrogen-bond donors (Lipinski definition) is 1. The van der Waals surface area contributed by atoms with Gasteiger partial charge in [-0.3, -0.25) is 9.59 Å². The fourth-order valence-electron chi connectivity index (χ4n) is 1.60. The second kappa shape index (κ2) is 5.33. The molecule has 1 N–H and O–H groups in total. The van der Waals surface area contributed by atoms with Crippen LogP contribution in [-0.2, 0) is 7.05 Å². The van der Waals surface area contributed by atoms with Crippen LogP contribution in [0, 0.1) is 0 Å². The highest BCUT2D eigenvalue weighted by Gasteiger charge is 2.26. The molecule has 1 aliphatic heterocycles. The summed E-state index contributed by atoms with van der Waals surface area (Å²) in [5.74, 6) is -0.0933.